The molecule has 0 unspecified atom stereocenters. The highest BCUT2D eigenvalue weighted by atomic mass is 16.4. The van der Waals surface area contributed by atoms with Crippen molar-refractivity contribution in [3.8, 4) is 0 Å². The number of nitrogens with one attached hydrogen (secondary N) is 2. The highest BCUT2D eigenvalue weighted by molar-refractivity contribution is 5.99. The van der Waals surface area contributed by atoms with Crippen molar-refractivity contribution in [2.24, 2.45) is 10.8 Å². The van der Waals surface area contributed by atoms with Gasteiger partial charge in [-0.2, -0.15) is 0 Å². The summed E-state index contributed by atoms with van der Waals surface area (Å²) in [6.45, 7) is 1.25. The van der Waals surface area contributed by atoms with E-state index in [1.54, 1.807) is 0 Å². The van der Waals surface area contributed by atoms with Crippen molar-refractivity contribution in [3.05, 3.63) is 35.9 Å². The molecule has 0 bridgehead atoms. The van der Waals surface area contributed by atoms with Gasteiger partial charge in [0, 0.05) is 13.1 Å². The van der Waals surface area contributed by atoms with E-state index in [9.17, 15) is 19.8 Å². The summed E-state index contributed by atoms with van der Waals surface area (Å²) in [6.07, 6.45) is 0.375. The van der Waals surface area contributed by atoms with Crippen LogP contribution in [0.25, 0.3) is 0 Å². The predicted molar refractivity (Wildman–Crippen MR) is 74.6 cm³/mol. The lowest BCUT2D eigenvalue weighted by atomic mass is 9.52. The molecule has 1 aliphatic heterocycles. The van der Waals surface area contributed by atoms with Crippen molar-refractivity contribution in [1.82, 2.24) is 10.6 Å². The molecule has 0 amide bonds. The van der Waals surface area contributed by atoms with Crippen molar-refractivity contribution in [3.63, 3.8) is 0 Å². The van der Waals surface area contributed by atoms with E-state index in [0.717, 1.165) is 5.56 Å². The minimum atomic E-state index is -1.61. The van der Waals surface area contributed by atoms with Gasteiger partial charge >= 0.3 is 11.9 Å². The number of carbonyl (C=O) groups is 2. The number of benzene rings is 1. The van der Waals surface area contributed by atoms with Crippen LogP contribution < -0.4 is 10.6 Å². The van der Waals surface area contributed by atoms with Crippen LogP contribution in [0, 0.1) is 10.8 Å². The van der Waals surface area contributed by atoms with Gasteiger partial charge in [0.05, 0.1) is 6.17 Å². The minimum absolute atomic E-state index is 0.0291. The second-order valence-corrected chi connectivity index (χ2v) is 6.15. The van der Waals surface area contributed by atoms with Gasteiger partial charge < -0.3 is 10.2 Å². The molecule has 4 N–H and O–H groups in total. The molecule has 21 heavy (non-hydrogen) atoms. The smallest absolute Gasteiger partial charge is 0.321 e. The Morgan fingerprint density at radius 2 is 1.52 bits per heavy atom. The Morgan fingerprint density at radius 3 is 2.00 bits per heavy atom. The van der Waals surface area contributed by atoms with Gasteiger partial charge in [0.15, 0.2) is 5.41 Å². The van der Waals surface area contributed by atoms with Crippen LogP contribution in [0.1, 0.15) is 24.6 Å². The molecule has 0 aromatic heterocycles. The molecule has 1 aromatic carbocycles. The molecule has 112 valence electrons. The van der Waals surface area contributed by atoms with E-state index in [1.165, 1.54) is 0 Å². The first-order valence-electron chi connectivity index (χ1n) is 6.96. The van der Waals surface area contributed by atoms with Crippen LogP contribution in [0.2, 0.25) is 0 Å². The Morgan fingerprint density at radius 1 is 1.00 bits per heavy atom. The Bertz CT molecular complexity index is 540. The van der Waals surface area contributed by atoms with Gasteiger partial charge in [0.2, 0.25) is 0 Å². The van der Waals surface area contributed by atoms with Gasteiger partial charge in [-0.15, -0.1) is 0 Å². The standard InChI is InChI=1S/C15H18N2O4/c18-12(19)15(13(20)21)6-14(7-15)8-16-11(17-9-14)10-4-2-1-3-5-10/h1-5,11,16-17H,6-9H2,(H,18,19)(H,20,21). The molecule has 1 aromatic rings. The minimum Gasteiger partial charge on any atom is -0.480 e. The fourth-order valence-corrected chi connectivity index (χ4v) is 3.53. The van der Waals surface area contributed by atoms with E-state index in [0.29, 0.717) is 13.1 Å². The van der Waals surface area contributed by atoms with Crippen LogP contribution in [-0.2, 0) is 9.59 Å². The van der Waals surface area contributed by atoms with E-state index in [4.69, 9.17) is 0 Å². The maximum absolute atomic E-state index is 11.2. The Hall–Kier alpha value is -1.92. The summed E-state index contributed by atoms with van der Waals surface area (Å²) in [5, 5.41) is 25.0. The molecule has 0 radical (unpaired) electrons. The van der Waals surface area contributed by atoms with Crippen molar-refractivity contribution in [1.29, 1.82) is 0 Å². The van der Waals surface area contributed by atoms with E-state index in [2.05, 4.69) is 10.6 Å². The van der Waals surface area contributed by atoms with Crippen LogP contribution in [0.4, 0.5) is 0 Å². The van der Waals surface area contributed by atoms with Crippen LogP contribution in [0.3, 0.4) is 0 Å². The second kappa shape index (κ2) is 4.82. The van der Waals surface area contributed by atoms with Gasteiger partial charge in [-0.05, 0) is 23.8 Å². The van der Waals surface area contributed by atoms with E-state index >= 15 is 0 Å². The van der Waals surface area contributed by atoms with Crippen molar-refractivity contribution in [2.45, 2.75) is 19.0 Å². The van der Waals surface area contributed by atoms with Crippen molar-refractivity contribution >= 4 is 11.9 Å². The van der Waals surface area contributed by atoms with E-state index < -0.39 is 17.4 Å². The molecule has 1 saturated heterocycles. The largest absolute Gasteiger partial charge is 0.480 e. The second-order valence-electron chi connectivity index (χ2n) is 6.15. The normalized spacial score (nSPS) is 23.4. The van der Waals surface area contributed by atoms with Crippen molar-refractivity contribution in [2.75, 3.05) is 13.1 Å². The molecule has 2 fully saturated rings. The molecule has 6 heteroatoms. The topological polar surface area (TPSA) is 98.7 Å². The SMILES string of the molecule is O=C(O)C1(C(=O)O)CC2(CNC(c3ccccc3)NC2)C1. The third-order valence-electron chi connectivity index (χ3n) is 4.67. The predicted octanol–water partition coefficient (Wildman–Crippen LogP) is 0.814. The molecule has 2 aliphatic rings. The molecule has 1 heterocycles. The van der Waals surface area contributed by atoms with E-state index in [1.807, 2.05) is 30.3 Å². The Kier molecular flexibility index (Phi) is 3.22. The number of hydrogen-bond donors (Lipinski definition) is 4. The van der Waals surface area contributed by atoms with Crippen LogP contribution in [0.5, 0.6) is 0 Å². The van der Waals surface area contributed by atoms with Gasteiger partial charge in [0.1, 0.15) is 0 Å². The molecule has 1 spiro atoms. The zero-order valence-corrected chi connectivity index (χ0v) is 11.5. The van der Waals surface area contributed by atoms with Crippen LogP contribution in [0.15, 0.2) is 30.3 Å². The molecule has 1 saturated carbocycles. The third-order valence-corrected chi connectivity index (χ3v) is 4.67. The molecular weight excluding hydrogens is 272 g/mol. The Balaban J connectivity index is 1.65. The number of carboxylic acids is 2. The van der Waals surface area contributed by atoms with Crippen LogP contribution >= 0.6 is 0 Å². The fourth-order valence-electron chi connectivity index (χ4n) is 3.53. The van der Waals surface area contributed by atoms with Gasteiger partial charge in [-0.25, -0.2) is 0 Å². The first-order valence-corrected chi connectivity index (χ1v) is 6.96. The number of carboxylic acid groups (broad SMARTS) is 2. The van der Waals surface area contributed by atoms with Gasteiger partial charge in [0.25, 0.3) is 0 Å². The summed E-state index contributed by atoms with van der Waals surface area (Å²) < 4.78 is 0. The molecule has 1 aliphatic carbocycles. The maximum Gasteiger partial charge on any atom is 0.321 e. The lowest BCUT2D eigenvalue weighted by Gasteiger charge is -2.54. The summed E-state index contributed by atoms with van der Waals surface area (Å²) in [5.74, 6) is -2.46. The number of hydrogen-bond acceptors (Lipinski definition) is 4. The van der Waals surface area contributed by atoms with Crippen molar-refractivity contribution < 1.29 is 19.8 Å². The number of aliphatic carboxylic acids is 2. The molecule has 3 rings (SSSR count). The van der Waals surface area contributed by atoms with Gasteiger partial charge in [-0.1, -0.05) is 30.3 Å². The quantitative estimate of drug-likeness (QED) is 0.615. The average Bonchev–Trinajstić information content (AvgIpc) is 2.45. The lowest BCUT2D eigenvalue weighted by Crippen LogP contribution is -2.65. The molecule has 0 atom stereocenters. The highest BCUT2D eigenvalue weighted by Gasteiger charge is 2.64. The Labute approximate surface area is 122 Å². The zero-order valence-electron chi connectivity index (χ0n) is 11.5. The summed E-state index contributed by atoms with van der Waals surface area (Å²) >= 11 is 0. The fraction of sp³-hybridized carbons (Fsp3) is 0.467. The summed E-state index contributed by atoms with van der Waals surface area (Å²) in [7, 11) is 0. The first-order chi connectivity index (χ1) is 9.97. The molecule has 6 nitrogen and oxygen atoms in total. The lowest BCUT2D eigenvalue weighted by molar-refractivity contribution is -0.184. The average molecular weight is 290 g/mol. The zero-order chi connectivity index (χ0) is 15.1. The third kappa shape index (κ3) is 2.20. The van der Waals surface area contributed by atoms with Crippen LogP contribution in [-0.4, -0.2) is 35.2 Å². The highest BCUT2D eigenvalue weighted by Crippen LogP contribution is 2.55. The van der Waals surface area contributed by atoms with Gasteiger partial charge in [-0.3, -0.25) is 20.2 Å². The number of rotatable bonds is 3. The maximum atomic E-state index is 11.2. The monoisotopic (exact) mass is 290 g/mol. The molecular formula is C15H18N2O4. The first kappa shape index (κ1) is 14.0. The summed E-state index contributed by atoms with van der Waals surface area (Å²) in [5.41, 5.74) is -0.764. The summed E-state index contributed by atoms with van der Waals surface area (Å²) in [6, 6.07) is 9.91. The summed E-state index contributed by atoms with van der Waals surface area (Å²) in [4.78, 5) is 22.5. The van der Waals surface area contributed by atoms with E-state index in [-0.39, 0.29) is 24.4 Å².